The van der Waals surface area contributed by atoms with Gasteiger partial charge in [0.25, 0.3) is 0 Å². The molecule has 0 radical (unpaired) electrons. The van der Waals surface area contributed by atoms with Crippen molar-refractivity contribution in [3.8, 4) is 35.4 Å². The van der Waals surface area contributed by atoms with Gasteiger partial charge >= 0.3 is 12.2 Å². The number of halogens is 5. The molecule has 8 rings (SSSR count). The van der Waals surface area contributed by atoms with Crippen LogP contribution in [0, 0.1) is 29.9 Å². The van der Waals surface area contributed by atoms with Crippen LogP contribution in [0.5, 0.6) is 11.8 Å². The highest BCUT2D eigenvalue weighted by Crippen LogP contribution is 2.43. The van der Waals surface area contributed by atoms with Gasteiger partial charge in [-0.2, -0.15) is 23.1 Å². The second kappa shape index (κ2) is 16.0. The molecule has 3 aliphatic heterocycles. The highest BCUT2D eigenvalue weighted by atomic mass is 19.4. The Morgan fingerprint density at radius 2 is 1.85 bits per heavy atom. The largest absolute Gasteiger partial charge is 0.508 e. The number of methoxy groups -OCH3 is 1. The number of terminal acetylenes is 1. The molecule has 4 aliphatic rings. The van der Waals surface area contributed by atoms with Gasteiger partial charge in [0.05, 0.1) is 22.2 Å². The van der Waals surface area contributed by atoms with Gasteiger partial charge in [0.2, 0.25) is 0 Å². The maximum Gasteiger partial charge on any atom is 0.414 e. The van der Waals surface area contributed by atoms with Crippen molar-refractivity contribution in [2.24, 2.45) is 5.92 Å². The Balaban J connectivity index is 0.000000406. The van der Waals surface area contributed by atoms with Crippen molar-refractivity contribution in [1.29, 1.82) is 0 Å². The number of phenols is 1. The number of ether oxygens (including phenoxy) is 2. The lowest BCUT2D eigenvalue weighted by atomic mass is 9.95. The van der Waals surface area contributed by atoms with Crippen molar-refractivity contribution in [1.82, 2.24) is 25.2 Å². The molecular formula is C41H47F5N6O3. The monoisotopic (exact) mass is 766 g/mol. The Hall–Kier alpha value is -4.32. The van der Waals surface area contributed by atoms with Gasteiger partial charge < -0.3 is 25.2 Å². The average Bonchev–Trinajstić information content (AvgIpc) is 3.82. The maximum absolute atomic E-state index is 16.8. The van der Waals surface area contributed by atoms with E-state index in [9.17, 15) is 22.7 Å². The zero-order chi connectivity index (χ0) is 38.9. The second-order valence-corrected chi connectivity index (χ2v) is 15.1. The summed E-state index contributed by atoms with van der Waals surface area (Å²) in [5.41, 5.74) is 0.806. The van der Waals surface area contributed by atoms with Crippen LogP contribution in [0.15, 0.2) is 24.3 Å². The van der Waals surface area contributed by atoms with Gasteiger partial charge in [-0.15, -0.1) is 6.42 Å². The van der Waals surface area contributed by atoms with E-state index in [2.05, 4.69) is 38.1 Å². The summed E-state index contributed by atoms with van der Waals surface area (Å²) in [6, 6.07) is 5.76. The minimum Gasteiger partial charge on any atom is -0.508 e. The first-order valence-electron chi connectivity index (χ1n) is 19.2. The van der Waals surface area contributed by atoms with E-state index in [-0.39, 0.29) is 51.6 Å². The second-order valence-electron chi connectivity index (χ2n) is 15.1. The first kappa shape index (κ1) is 38.9. The van der Waals surface area contributed by atoms with Crippen LogP contribution in [0.1, 0.15) is 76.0 Å². The molecule has 1 aliphatic carbocycles. The smallest absolute Gasteiger partial charge is 0.414 e. The molecule has 0 amide bonds. The Kier molecular flexibility index (Phi) is 11.4. The van der Waals surface area contributed by atoms with E-state index in [0.717, 1.165) is 71.7 Å². The Bertz CT molecular complexity index is 2070. The van der Waals surface area contributed by atoms with Gasteiger partial charge in [0.1, 0.15) is 35.2 Å². The van der Waals surface area contributed by atoms with Gasteiger partial charge in [0, 0.05) is 30.6 Å². The van der Waals surface area contributed by atoms with Crippen molar-refractivity contribution in [3.05, 3.63) is 47.2 Å². The molecule has 3 N–H and O–H groups in total. The number of benzene rings is 2. The minimum atomic E-state index is -4.17. The predicted octanol–water partition coefficient (Wildman–Crippen LogP) is 7.91. The van der Waals surface area contributed by atoms with Crippen LogP contribution >= 0.6 is 0 Å². The first-order chi connectivity index (χ1) is 26.5. The highest BCUT2D eigenvalue weighted by molar-refractivity contribution is 6.03. The zero-order valence-corrected chi connectivity index (χ0v) is 31.2. The van der Waals surface area contributed by atoms with Crippen molar-refractivity contribution >= 4 is 27.5 Å². The average molecular weight is 767 g/mol. The molecule has 9 nitrogen and oxygen atoms in total. The molecule has 4 aromatic rings. The number of aryl methyl sites for hydroxylation is 1. The summed E-state index contributed by atoms with van der Waals surface area (Å²) in [6.45, 7) is 6.34. The zero-order valence-electron chi connectivity index (χ0n) is 31.2. The van der Waals surface area contributed by atoms with E-state index in [4.69, 9.17) is 21.1 Å². The fourth-order valence-electron chi connectivity index (χ4n) is 8.47. The van der Waals surface area contributed by atoms with Crippen LogP contribution in [0.25, 0.3) is 32.9 Å². The van der Waals surface area contributed by atoms with Crippen LogP contribution in [-0.2, 0) is 11.2 Å². The molecule has 2 atom stereocenters. The third-order valence-electron chi connectivity index (χ3n) is 11.4. The number of aromatic hydroxyl groups is 1. The Labute approximate surface area is 317 Å². The highest BCUT2D eigenvalue weighted by Gasteiger charge is 2.49. The molecule has 2 aromatic carbocycles. The number of nitrogens with zero attached hydrogens (tertiary/aromatic N) is 4. The lowest BCUT2D eigenvalue weighted by molar-refractivity contribution is -0.218. The number of hydrogen-bond acceptors (Lipinski definition) is 9. The molecule has 5 heterocycles. The molecule has 294 valence electrons. The summed E-state index contributed by atoms with van der Waals surface area (Å²) in [6.07, 6.45) is 9.16. The normalized spacial score (nSPS) is 19.6. The van der Waals surface area contributed by atoms with Crippen molar-refractivity contribution < 1.29 is 36.5 Å². The summed E-state index contributed by atoms with van der Waals surface area (Å²) in [7, 11) is 1.11. The number of anilines is 1. The number of unbranched alkanes of at least 4 members (excludes halogenated alkanes) is 1. The van der Waals surface area contributed by atoms with Crippen molar-refractivity contribution in [3.63, 3.8) is 0 Å². The molecule has 0 bridgehead atoms. The van der Waals surface area contributed by atoms with Crippen molar-refractivity contribution in [2.45, 2.75) is 95.0 Å². The van der Waals surface area contributed by atoms with E-state index < -0.39 is 23.9 Å². The third-order valence-corrected chi connectivity index (χ3v) is 11.4. The summed E-state index contributed by atoms with van der Waals surface area (Å²) in [5.74, 6) is 1.22. The Morgan fingerprint density at radius 1 is 1.09 bits per heavy atom. The van der Waals surface area contributed by atoms with Gasteiger partial charge in [-0.1, -0.05) is 25.3 Å². The minimum absolute atomic E-state index is 0.0149. The molecule has 55 heavy (non-hydrogen) atoms. The summed E-state index contributed by atoms with van der Waals surface area (Å²) in [4.78, 5) is 16.8. The number of pyridine rings is 1. The molecule has 0 spiro atoms. The van der Waals surface area contributed by atoms with Gasteiger partial charge in [-0.25, -0.2) is 13.8 Å². The van der Waals surface area contributed by atoms with Crippen LogP contribution in [0.4, 0.5) is 27.8 Å². The van der Waals surface area contributed by atoms with Crippen LogP contribution < -0.4 is 15.4 Å². The molecule has 1 saturated carbocycles. The standard InChI is InChI=1S/C35H38F2N6O2.C6H9F3O/c1-3-5-14-38-19-22-9-11-27-29-32(41-34(42-33(29)39-22)45-20-35-12-6-15-43(35)16-7-13-35)30(37)31(40-27)25-18-23(44)17-21-8-10-26(36)24(4-2)28(21)25;1-10-5(4-2-3-4)6(7,8)9/h2,8,10,17-18,22,38,44H,3,5-7,9,11-16,19-20H2,1H3,(H,39,41,42);4-5H,2-3H2,1H3. The van der Waals surface area contributed by atoms with Crippen LogP contribution in [-0.4, -0.2) is 88.7 Å². The molecule has 2 aromatic heterocycles. The maximum atomic E-state index is 16.8. The number of aromatic nitrogens is 3. The molecule has 3 fully saturated rings. The number of hydrogen-bond donors (Lipinski definition) is 3. The summed E-state index contributed by atoms with van der Waals surface area (Å²) < 4.78 is 78.0. The van der Waals surface area contributed by atoms with Crippen molar-refractivity contribution in [2.75, 3.05) is 45.2 Å². The van der Waals surface area contributed by atoms with Crippen LogP contribution in [0.2, 0.25) is 0 Å². The SMILES string of the molecule is C#Cc1c(F)ccc2cc(O)cc(-c3nc4c5c(nc(OCC67CCCN6CCC7)nc5c3F)NC(CNCCCC)CC4)c12.COC(C1CC1)C(F)(F)F. The number of rotatable bonds is 11. The first-order valence-corrected chi connectivity index (χ1v) is 19.2. The van der Waals surface area contributed by atoms with Gasteiger partial charge in [-0.3, -0.25) is 4.90 Å². The number of nitrogens with one attached hydrogen (secondary N) is 2. The predicted molar refractivity (Wildman–Crippen MR) is 201 cm³/mol. The van der Waals surface area contributed by atoms with E-state index in [0.29, 0.717) is 60.1 Å². The van der Waals surface area contributed by atoms with E-state index >= 15 is 4.39 Å². The number of alkyl halides is 3. The topological polar surface area (TPSA) is 105 Å². The van der Waals surface area contributed by atoms with E-state index in [1.807, 2.05) is 0 Å². The lowest BCUT2D eigenvalue weighted by Crippen LogP contribution is -2.43. The van der Waals surface area contributed by atoms with Gasteiger partial charge in [-0.05, 0) is 107 Å². The van der Waals surface area contributed by atoms with Crippen LogP contribution in [0.3, 0.4) is 0 Å². The quantitative estimate of drug-likeness (QED) is 0.0799. The fraction of sp³-hybridized carbons (Fsp3) is 0.537. The number of fused-ring (bicyclic) bond motifs is 2. The molecule has 2 unspecified atom stereocenters. The van der Waals surface area contributed by atoms with Gasteiger partial charge in [0.15, 0.2) is 11.9 Å². The van der Waals surface area contributed by atoms with E-state index in [1.54, 1.807) is 0 Å². The molecular weight excluding hydrogens is 719 g/mol. The fourth-order valence-corrected chi connectivity index (χ4v) is 8.47. The number of phenolic OH excluding ortho intramolecular Hbond substituents is 1. The van der Waals surface area contributed by atoms with E-state index in [1.165, 1.54) is 24.3 Å². The third kappa shape index (κ3) is 8.02. The Morgan fingerprint density at radius 3 is 2.51 bits per heavy atom. The lowest BCUT2D eigenvalue weighted by Gasteiger charge is -2.31. The molecule has 2 saturated heterocycles. The molecule has 14 heteroatoms. The summed E-state index contributed by atoms with van der Waals surface area (Å²) in [5, 5.41) is 19.0. The summed E-state index contributed by atoms with van der Waals surface area (Å²) >= 11 is 0.